The molecule has 0 aliphatic heterocycles. The molecule has 0 saturated carbocycles. The van der Waals surface area contributed by atoms with Gasteiger partial charge in [-0.25, -0.2) is 5.84 Å². The molecule has 0 fully saturated rings. The molecule has 0 spiro atoms. The standard InChI is InChI=1S/C11H18N4O2/c1-15(5-6-17-2)8-10-4-3-9(7-13-10)11(16)14-12/h3-4,7H,5-6,8,12H2,1-2H3,(H,14,16). The minimum absolute atomic E-state index is 0.336. The van der Waals surface area contributed by atoms with Gasteiger partial charge in [-0.15, -0.1) is 0 Å². The van der Waals surface area contributed by atoms with E-state index in [1.54, 1.807) is 13.2 Å². The molecule has 0 bridgehead atoms. The Morgan fingerprint density at radius 2 is 2.35 bits per heavy atom. The molecule has 0 aliphatic rings. The van der Waals surface area contributed by atoms with Gasteiger partial charge < -0.3 is 4.74 Å². The molecule has 0 radical (unpaired) electrons. The average molecular weight is 238 g/mol. The Morgan fingerprint density at radius 3 is 2.88 bits per heavy atom. The van der Waals surface area contributed by atoms with E-state index in [-0.39, 0.29) is 5.91 Å². The zero-order chi connectivity index (χ0) is 12.7. The number of hydrogen-bond donors (Lipinski definition) is 2. The summed E-state index contributed by atoms with van der Waals surface area (Å²) in [5, 5.41) is 0. The van der Waals surface area contributed by atoms with Crippen LogP contribution in [0.15, 0.2) is 18.3 Å². The van der Waals surface area contributed by atoms with Crippen LogP contribution in [0.4, 0.5) is 0 Å². The second-order valence-electron chi connectivity index (χ2n) is 3.74. The first-order valence-electron chi connectivity index (χ1n) is 5.30. The van der Waals surface area contributed by atoms with E-state index < -0.39 is 0 Å². The Labute approximate surface area is 101 Å². The predicted molar refractivity (Wildman–Crippen MR) is 64.1 cm³/mol. The van der Waals surface area contributed by atoms with Gasteiger partial charge in [-0.2, -0.15) is 0 Å². The van der Waals surface area contributed by atoms with Crippen molar-refractivity contribution in [2.45, 2.75) is 6.54 Å². The van der Waals surface area contributed by atoms with Crippen molar-refractivity contribution in [2.24, 2.45) is 5.84 Å². The second-order valence-corrected chi connectivity index (χ2v) is 3.74. The van der Waals surface area contributed by atoms with E-state index in [1.807, 2.05) is 13.1 Å². The molecule has 0 saturated heterocycles. The number of pyridine rings is 1. The first-order valence-corrected chi connectivity index (χ1v) is 5.30. The van der Waals surface area contributed by atoms with Gasteiger partial charge in [0.05, 0.1) is 17.9 Å². The Morgan fingerprint density at radius 1 is 1.59 bits per heavy atom. The molecular formula is C11H18N4O2. The van der Waals surface area contributed by atoms with Gasteiger partial charge >= 0.3 is 0 Å². The highest BCUT2D eigenvalue weighted by atomic mass is 16.5. The number of amides is 1. The lowest BCUT2D eigenvalue weighted by molar-refractivity contribution is 0.0953. The first kappa shape index (κ1) is 13.6. The van der Waals surface area contributed by atoms with Crippen molar-refractivity contribution in [3.05, 3.63) is 29.6 Å². The van der Waals surface area contributed by atoms with Crippen LogP contribution in [0.25, 0.3) is 0 Å². The molecule has 6 nitrogen and oxygen atoms in total. The fourth-order valence-electron chi connectivity index (χ4n) is 1.34. The largest absolute Gasteiger partial charge is 0.383 e. The number of nitrogens with zero attached hydrogens (tertiary/aromatic N) is 2. The van der Waals surface area contributed by atoms with Crippen molar-refractivity contribution in [2.75, 3.05) is 27.3 Å². The Hall–Kier alpha value is -1.50. The van der Waals surface area contributed by atoms with Crippen LogP contribution in [-0.4, -0.2) is 43.1 Å². The van der Waals surface area contributed by atoms with Gasteiger partial charge in [0.1, 0.15) is 0 Å². The third kappa shape index (κ3) is 4.48. The van der Waals surface area contributed by atoms with Crippen molar-refractivity contribution in [1.29, 1.82) is 0 Å². The number of nitrogen functional groups attached to an aromatic ring is 1. The summed E-state index contributed by atoms with van der Waals surface area (Å²) in [4.78, 5) is 17.5. The summed E-state index contributed by atoms with van der Waals surface area (Å²) in [6.45, 7) is 2.24. The lowest BCUT2D eigenvalue weighted by Gasteiger charge is -2.15. The molecular weight excluding hydrogens is 220 g/mol. The normalized spacial score (nSPS) is 10.6. The molecule has 17 heavy (non-hydrogen) atoms. The molecule has 0 atom stereocenters. The maximum Gasteiger partial charge on any atom is 0.266 e. The molecule has 3 N–H and O–H groups in total. The molecule has 0 aromatic carbocycles. The molecule has 1 rings (SSSR count). The molecule has 1 aromatic heterocycles. The maximum absolute atomic E-state index is 11.2. The van der Waals surface area contributed by atoms with Crippen molar-refractivity contribution >= 4 is 5.91 Å². The minimum Gasteiger partial charge on any atom is -0.383 e. The van der Waals surface area contributed by atoms with Gasteiger partial charge in [-0.05, 0) is 19.2 Å². The van der Waals surface area contributed by atoms with Gasteiger partial charge in [0.25, 0.3) is 5.91 Å². The molecule has 0 aliphatic carbocycles. The van der Waals surface area contributed by atoms with Crippen molar-refractivity contribution in [3.63, 3.8) is 0 Å². The van der Waals surface area contributed by atoms with Crippen molar-refractivity contribution in [3.8, 4) is 0 Å². The molecule has 94 valence electrons. The zero-order valence-corrected chi connectivity index (χ0v) is 10.1. The van der Waals surface area contributed by atoms with Crippen molar-refractivity contribution < 1.29 is 9.53 Å². The van der Waals surface area contributed by atoms with E-state index in [1.165, 1.54) is 6.20 Å². The van der Waals surface area contributed by atoms with Crippen LogP contribution < -0.4 is 11.3 Å². The monoisotopic (exact) mass is 238 g/mol. The number of aromatic nitrogens is 1. The van der Waals surface area contributed by atoms with E-state index in [9.17, 15) is 4.79 Å². The Balaban J connectivity index is 2.53. The summed E-state index contributed by atoms with van der Waals surface area (Å²) in [7, 11) is 3.66. The third-order valence-corrected chi connectivity index (χ3v) is 2.33. The third-order valence-electron chi connectivity index (χ3n) is 2.33. The number of carbonyl (C=O) groups excluding carboxylic acids is 1. The van der Waals surface area contributed by atoms with Gasteiger partial charge in [-0.3, -0.25) is 20.1 Å². The fourth-order valence-corrected chi connectivity index (χ4v) is 1.34. The highest BCUT2D eigenvalue weighted by Crippen LogP contribution is 2.02. The number of methoxy groups -OCH3 is 1. The molecule has 0 unspecified atom stereocenters. The average Bonchev–Trinajstić information content (AvgIpc) is 2.36. The quantitative estimate of drug-likeness (QED) is 0.406. The number of hydrazine groups is 1. The molecule has 1 amide bonds. The van der Waals surface area contributed by atoms with Crippen molar-refractivity contribution in [1.82, 2.24) is 15.3 Å². The smallest absolute Gasteiger partial charge is 0.266 e. The summed E-state index contributed by atoms with van der Waals surface area (Å²) in [5.74, 6) is 4.69. The summed E-state index contributed by atoms with van der Waals surface area (Å²) in [5.41, 5.74) is 3.42. The Kier molecular flexibility index (Phi) is 5.55. The summed E-state index contributed by atoms with van der Waals surface area (Å²) >= 11 is 0. The molecule has 1 heterocycles. The van der Waals surface area contributed by atoms with Gasteiger partial charge in [0.15, 0.2) is 0 Å². The molecule has 1 aromatic rings. The number of nitrogens with one attached hydrogen (secondary N) is 1. The van der Waals surface area contributed by atoms with Crippen LogP contribution in [0.1, 0.15) is 16.1 Å². The van der Waals surface area contributed by atoms with E-state index in [0.29, 0.717) is 18.7 Å². The predicted octanol–water partition coefficient (Wildman–Crippen LogP) is -0.237. The number of nitrogens with two attached hydrogens (primary N) is 1. The van der Waals surface area contributed by atoms with E-state index >= 15 is 0 Å². The number of carbonyl (C=O) groups is 1. The summed E-state index contributed by atoms with van der Waals surface area (Å²) in [6.07, 6.45) is 1.52. The lowest BCUT2D eigenvalue weighted by Crippen LogP contribution is -2.30. The van der Waals surface area contributed by atoms with E-state index in [2.05, 4.69) is 15.3 Å². The maximum atomic E-state index is 11.2. The minimum atomic E-state index is -0.336. The van der Waals surface area contributed by atoms with Gasteiger partial charge in [0, 0.05) is 26.4 Å². The Bertz CT molecular complexity index is 353. The number of likely N-dealkylation sites (N-methyl/N-ethyl adjacent to an activating group) is 1. The van der Waals surface area contributed by atoms with Crippen LogP contribution >= 0.6 is 0 Å². The van der Waals surface area contributed by atoms with Crippen LogP contribution in [0.3, 0.4) is 0 Å². The van der Waals surface area contributed by atoms with Crippen LogP contribution in [0.2, 0.25) is 0 Å². The highest BCUT2D eigenvalue weighted by Gasteiger charge is 2.05. The van der Waals surface area contributed by atoms with Gasteiger partial charge in [0.2, 0.25) is 0 Å². The van der Waals surface area contributed by atoms with Crippen LogP contribution in [-0.2, 0) is 11.3 Å². The van der Waals surface area contributed by atoms with E-state index in [0.717, 1.165) is 12.2 Å². The second kappa shape index (κ2) is 6.95. The first-order chi connectivity index (χ1) is 8.17. The number of ether oxygens (including phenoxy) is 1. The van der Waals surface area contributed by atoms with Crippen LogP contribution in [0, 0.1) is 0 Å². The number of hydrogen-bond acceptors (Lipinski definition) is 5. The summed E-state index contributed by atoms with van der Waals surface area (Å²) in [6, 6.07) is 3.52. The molecule has 6 heteroatoms. The number of rotatable bonds is 6. The van der Waals surface area contributed by atoms with E-state index in [4.69, 9.17) is 10.6 Å². The SMILES string of the molecule is COCCN(C)Cc1ccc(C(=O)NN)cn1. The highest BCUT2D eigenvalue weighted by molar-refractivity contribution is 5.93. The van der Waals surface area contributed by atoms with Gasteiger partial charge in [-0.1, -0.05) is 0 Å². The lowest BCUT2D eigenvalue weighted by atomic mass is 10.2. The summed E-state index contributed by atoms with van der Waals surface area (Å²) < 4.78 is 4.99. The fraction of sp³-hybridized carbons (Fsp3) is 0.455. The topological polar surface area (TPSA) is 80.5 Å². The zero-order valence-electron chi connectivity index (χ0n) is 10.1. The van der Waals surface area contributed by atoms with Crippen LogP contribution in [0.5, 0.6) is 0 Å².